The van der Waals surface area contributed by atoms with Crippen molar-refractivity contribution < 1.29 is 0 Å². The highest BCUT2D eigenvalue weighted by atomic mass is 15.0. The Kier molecular flexibility index (Phi) is 5.68. The molecule has 0 aliphatic carbocycles. The van der Waals surface area contributed by atoms with Crippen molar-refractivity contribution in [1.29, 1.82) is 0 Å². The van der Waals surface area contributed by atoms with Gasteiger partial charge in [-0.1, -0.05) is 127 Å². The van der Waals surface area contributed by atoms with E-state index in [9.17, 15) is 0 Å². The minimum atomic E-state index is 0.659. The van der Waals surface area contributed by atoms with Crippen molar-refractivity contribution in [2.75, 3.05) is 0 Å². The largest absolute Gasteiger partial charge is 0.208 e. The normalized spacial score (nSPS) is 11.2. The Hall–Kier alpha value is -5.15. The molecule has 0 bridgehead atoms. The smallest absolute Gasteiger partial charge is 0.164 e. The van der Waals surface area contributed by atoms with Crippen LogP contribution in [0.25, 0.3) is 66.8 Å². The number of hydrogen-bond donors (Lipinski definition) is 0. The minimum Gasteiger partial charge on any atom is -0.208 e. The van der Waals surface area contributed by atoms with Crippen LogP contribution in [-0.2, 0) is 0 Å². The highest BCUT2D eigenvalue weighted by Crippen LogP contribution is 2.29. The van der Waals surface area contributed by atoms with E-state index in [1.54, 1.807) is 0 Å². The Balaban J connectivity index is 1.36. The van der Waals surface area contributed by atoms with Crippen LogP contribution in [0.5, 0.6) is 0 Å². The number of nitrogens with zero attached hydrogens (tertiary/aromatic N) is 3. The van der Waals surface area contributed by atoms with Gasteiger partial charge in [-0.05, 0) is 51.7 Å². The number of aryl methyl sites for hydroxylation is 1. The van der Waals surface area contributed by atoms with Gasteiger partial charge in [0, 0.05) is 16.7 Å². The second-order valence-corrected chi connectivity index (χ2v) is 9.87. The van der Waals surface area contributed by atoms with E-state index >= 15 is 0 Å². The molecule has 0 amide bonds. The van der Waals surface area contributed by atoms with E-state index in [0.717, 1.165) is 33.0 Å². The van der Waals surface area contributed by atoms with E-state index in [2.05, 4.69) is 140 Å². The fraction of sp³-hybridized carbons (Fsp3) is 0.0278. The van der Waals surface area contributed by atoms with Crippen LogP contribution in [0.15, 0.2) is 133 Å². The Morgan fingerprint density at radius 3 is 1.18 bits per heavy atom. The molecule has 0 saturated carbocycles. The molecule has 3 heteroatoms. The highest BCUT2D eigenvalue weighted by molar-refractivity contribution is 5.88. The van der Waals surface area contributed by atoms with Crippen LogP contribution in [0, 0.1) is 6.92 Å². The summed E-state index contributed by atoms with van der Waals surface area (Å²) in [5.74, 6) is 1.99. The fourth-order valence-corrected chi connectivity index (χ4v) is 4.98. The van der Waals surface area contributed by atoms with Crippen LogP contribution in [0.4, 0.5) is 0 Å². The van der Waals surface area contributed by atoms with Crippen molar-refractivity contribution >= 4 is 21.5 Å². The first kappa shape index (κ1) is 23.0. The van der Waals surface area contributed by atoms with E-state index < -0.39 is 0 Å². The highest BCUT2D eigenvalue weighted by Gasteiger charge is 2.13. The number of rotatable bonds is 4. The monoisotopic (exact) mass is 499 g/mol. The van der Waals surface area contributed by atoms with Crippen molar-refractivity contribution in [3.05, 3.63) is 139 Å². The van der Waals surface area contributed by atoms with Crippen LogP contribution in [-0.4, -0.2) is 15.0 Å². The van der Waals surface area contributed by atoms with Gasteiger partial charge in [0.15, 0.2) is 17.5 Å². The third kappa shape index (κ3) is 4.55. The number of hydrogen-bond acceptors (Lipinski definition) is 3. The average Bonchev–Trinajstić information content (AvgIpc) is 3.01. The molecule has 0 aliphatic heterocycles. The molecule has 184 valence electrons. The standard InChI is InChI=1S/C36H25N3/c1-24-10-12-27(13-11-24)28-14-18-29(19-15-28)34-37-35(32-20-16-25-6-2-4-8-30(25)22-32)39-36(38-34)33-21-17-26-7-3-5-9-31(26)23-33/h2-23H,1H3. The zero-order valence-corrected chi connectivity index (χ0v) is 21.5. The summed E-state index contributed by atoms with van der Waals surface area (Å²) in [6, 6.07) is 46.5. The molecule has 0 aliphatic rings. The maximum atomic E-state index is 4.96. The van der Waals surface area contributed by atoms with Crippen LogP contribution < -0.4 is 0 Å². The van der Waals surface area contributed by atoms with Crippen molar-refractivity contribution in [1.82, 2.24) is 15.0 Å². The zero-order chi connectivity index (χ0) is 26.2. The first-order valence-corrected chi connectivity index (χ1v) is 13.1. The summed E-state index contributed by atoms with van der Waals surface area (Å²) in [7, 11) is 0. The molecular weight excluding hydrogens is 474 g/mol. The zero-order valence-electron chi connectivity index (χ0n) is 21.5. The summed E-state index contributed by atoms with van der Waals surface area (Å²) in [5, 5.41) is 4.70. The van der Waals surface area contributed by atoms with Gasteiger partial charge in [-0.15, -0.1) is 0 Å². The summed E-state index contributed by atoms with van der Waals surface area (Å²) < 4.78 is 0. The topological polar surface area (TPSA) is 38.7 Å². The van der Waals surface area contributed by atoms with Crippen molar-refractivity contribution in [2.45, 2.75) is 6.92 Å². The van der Waals surface area contributed by atoms with Crippen molar-refractivity contribution in [3.63, 3.8) is 0 Å². The van der Waals surface area contributed by atoms with Crippen LogP contribution in [0.3, 0.4) is 0 Å². The molecule has 0 saturated heterocycles. The van der Waals surface area contributed by atoms with E-state index in [-0.39, 0.29) is 0 Å². The molecule has 6 aromatic carbocycles. The van der Waals surface area contributed by atoms with E-state index in [1.807, 2.05) is 0 Å². The first-order chi connectivity index (χ1) is 19.2. The Bertz CT molecular complexity index is 1860. The van der Waals surface area contributed by atoms with Gasteiger partial charge in [-0.3, -0.25) is 0 Å². The predicted molar refractivity (Wildman–Crippen MR) is 161 cm³/mol. The number of aromatic nitrogens is 3. The molecule has 0 fully saturated rings. The van der Waals surface area contributed by atoms with Gasteiger partial charge in [-0.2, -0.15) is 0 Å². The quantitative estimate of drug-likeness (QED) is 0.242. The number of fused-ring (bicyclic) bond motifs is 2. The fourth-order valence-electron chi connectivity index (χ4n) is 4.98. The number of benzene rings is 6. The second kappa shape index (κ2) is 9.62. The van der Waals surface area contributed by atoms with Crippen LogP contribution >= 0.6 is 0 Å². The summed E-state index contributed by atoms with van der Waals surface area (Å²) in [6.07, 6.45) is 0. The lowest BCUT2D eigenvalue weighted by atomic mass is 10.0. The van der Waals surface area contributed by atoms with Gasteiger partial charge in [0.25, 0.3) is 0 Å². The molecule has 0 radical (unpaired) electrons. The summed E-state index contributed by atoms with van der Waals surface area (Å²) in [5.41, 5.74) is 6.50. The lowest BCUT2D eigenvalue weighted by Gasteiger charge is -2.10. The molecule has 7 rings (SSSR count). The SMILES string of the molecule is Cc1ccc(-c2ccc(-c3nc(-c4ccc5ccccc5c4)nc(-c4ccc5ccccc5c4)n3)cc2)cc1. The molecule has 0 unspecified atom stereocenters. The van der Waals surface area contributed by atoms with Crippen LogP contribution in [0.1, 0.15) is 5.56 Å². The van der Waals surface area contributed by atoms with Crippen molar-refractivity contribution in [2.24, 2.45) is 0 Å². The molecule has 0 spiro atoms. The lowest BCUT2D eigenvalue weighted by Crippen LogP contribution is -2.00. The summed E-state index contributed by atoms with van der Waals surface area (Å²) in [4.78, 5) is 14.9. The van der Waals surface area contributed by atoms with Gasteiger partial charge in [0.05, 0.1) is 0 Å². The maximum Gasteiger partial charge on any atom is 0.164 e. The summed E-state index contributed by atoms with van der Waals surface area (Å²) in [6.45, 7) is 2.11. The van der Waals surface area contributed by atoms with Gasteiger partial charge < -0.3 is 0 Å². The molecule has 0 N–H and O–H groups in total. The van der Waals surface area contributed by atoms with Gasteiger partial charge in [0.1, 0.15) is 0 Å². The van der Waals surface area contributed by atoms with E-state index in [4.69, 9.17) is 15.0 Å². The maximum absolute atomic E-state index is 4.96. The molecule has 39 heavy (non-hydrogen) atoms. The van der Waals surface area contributed by atoms with Gasteiger partial charge in [0.2, 0.25) is 0 Å². The van der Waals surface area contributed by atoms with Crippen LogP contribution in [0.2, 0.25) is 0 Å². The molecule has 1 aromatic heterocycles. The van der Waals surface area contributed by atoms with Gasteiger partial charge in [-0.25, -0.2) is 15.0 Å². The third-order valence-corrected chi connectivity index (χ3v) is 7.18. The van der Waals surface area contributed by atoms with E-state index in [1.165, 1.54) is 21.9 Å². The van der Waals surface area contributed by atoms with Gasteiger partial charge >= 0.3 is 0 Å². The molecule has 1 heterocycles. The summed E-state index contributed by atoms with van der Waals surface area (Å²) >= 11 is 0. The minimum absolute atomic E-state index is 0.659. The predicted octanol–water partition coefficient (Wildman–Crippen LogP) is 9.15. The Labute approximate surface area is 227 Å². The molecule has 0 atom stereocenters. The Morgan fingerprint density at radius 2 is 0.692 bits per heavy atom. The van der Waals surface area contributed by atoms with E-state index in [0.29, 0.717) is 17.5 Å². The lowest BCUT2D eigenvalue weighted by molar-refractivity contribution is 1.08. The Morgan fingerprint density at radius 1 is 0.333 bits per heavy atom. The molecule has 3 nitrogen and oxygen atoms in total. The third-order valence-electron chi connectivity index (χ3n) is 7.18. The van der Waals surface area contributed by atoms with Crippen molar-refractivity contribution in [3.8, 4) is 45.3 Å². The average molecular weight is 500 g/mol. The molecular formula is C36H25N3. The first-order valence-electron chi connectivity index (χ1n) is 13.1. The molecule has 7 aromatic rings. The second-order valence-electron chi connectivity index (χ2n) is 9.87.